The van der Waals surface area contributed by atoms with Gasteiger partial charge in [-0.05, 0) is 36.4 Å². The first-order valence-corrected chi connectivity index (χ1v) is 10.2. The lowest BCUT2D eigenvalue weighted by atomic mass is 10.2. The van der Waals surface area contributed by atoms with Gasteiger partial charge in [-0.25, -0.2) is 18.0 Å². The molecular formula is C20H21N3O6S. The van der Waals surface area contributed by atoms with Crippen molar-refractivity contribution in [2.24, 2.45) is 0 Å². The van der Waals surface area contributed by atoms with Gasteiger partial charge in [0.15, 0.2) is 6.61 Å². The molecule has 2 aromatic rings. The van der Waals surface area contributed by atoms with Gasteiger partial charge in [0.25, 0.3) is 15.9 Å². The molecular weight excluding hydrogens is 410 g/mol. The van der Waals surface area contributed by atoms with E-state index in [2.05, 4.69) is 11.9 Å². The van der Waals surface area contributed by atoms with Crippen LogP contribution in [0.15, 0.2) is 72.1 Å². The van der Waals surface area contributed by atoms with Gasteiger partial charge in [-0.15, -0.1) is 6.58 Å². The van der Waals surface area contributed by atoms with Gasteiger partial charge in [0.1, 0.15) is 0 Å². The van der Waals surface area contributed by atoms with Gasteiger partial charge < -0.3 is 10.1 Å². The second-order valence-electron chi connectivity index (χ2n) is 5.96. The molecule has 9 nitrogen and oxygen atoms in total. The molecule has 0 unspecified atom stereocenters. The Hall–Kier alpha value is -3.66. The molecule has 0 aliphatic heterocycles. The molecule has 0 saturated heterocycles. The summed E-state index contributed by atoms with van der Waals surface area (Å²) < 4.78 is 31.4. The van der Waals surface area contributed by atoms with Crippen LogP contribution in [-0.4, -0.2) is 46.5 Å². The van der Waals surface area contributed by atoms with E-state index in [1.54, 1.807) is 30.3 Å². The van der Waals surface area contributed by atoms with E-state index in [0.717, 1.165) is 4.31 Å². The zero-order valence-electron chi connectivity index (χ0n) is 16.2. The van der Waals surface area contributed by atoms with E-state index in [1.807, 2.05) is 5.32 Å². The highest BCUT2D eigenvalue weighted by molar-refractivity contribution is 7.92. The van der Waals surface area contributed by atoms with E-state index in [9.17, 15) is 22.8 Å². The van der Waals surface area contributed by atoms with Crippen molar-refractivity contribution in [1.82, 2.24) is 10.6 Å². The summed E-state index contributed by atoms with van der Waals surface area (Å²) in [5, 5.41) is 4.31. The number of nitrogens with zero attached hydrogens (tertiary/aromatic N) is 1. The van der Waals surface area contributed by atoms with E-state index < -0.39 is 34.5 Å². The fraction of sp³-hybridized carbons (Fsp3) is 0.150. The lowest BCUT2D eigenvalue weighted by Crippen LogP contribution is -2.41. The van der Waals surface area contributed by atoms with Gasteiger partial charge in [0.05, 0.1) is 16.1 Å². The molecule has 10 heteroatoms. The summed E-state index contributed by atoms with van der Waals surface area (Å²) >= 11 is 0. The summed E-state index contributed by atoms with van der Waals surface area (Å²) in [6.07, 6.45) is 1.44. The number of hydrogen-bond donors (Lipinski definition) is 2. The normalized spacial score (nSPS) is 10.6. The average Bonchev–Trinajstić information content (AvgIpc) is 2.76. The van der Waals surface area contributed by atoms with Crippen LogP contribution in [0.4, 0.5) is 10.5 Å². The van der Waals surface area contributed by atoms with Gasteiger partial charge in [-0.3, -0.25) is 14.4 Å². The monoisotopic (exact) mass is 431 g/mol. The predicted molar refractivity (Wildman–Crippen MR) is 110 cm³/mol. The zero-order chi connectivity index (χ0) is 22.1. The molecule has 158 valence electrons. The van der Waals surface area contributed by atoms with Crippen LogP contribution < -0.4 is 14.9 Å². The number of esters is 1. The number of imide groups is 1. The minimum Gasteiger partial charge on any atom is -0.452 e. The summed E-state index contributed by atoms with van der Waals surface area (Å²) in [7, 11) is -2.39. The van der Waals surface area contributed by atoms with Gasteiger partial charge >= 0.3 is 12.0 Å². The van der Waals surface area contributed by atoms with Crippen LogP contribution in [0, 0.1) is 0 Å². The van der Waals surface area contributed by atoms with Gasteiger partial charge in [0.2, 0.25) is 0 Å². The first kappa shape index (κ1) is 22.6. The summed E-state index contributed by atoms with van der Waals surface area (Å²) in [6, 6.07) is 12.9. The zero-order valence-corrected chi connectivity index (χ0v) is 17.0. The summed E-state index contributed by atoms with van der Waals surface area (Å²) in [5.74, 6) is -1.65. The number of para-hydroxylation sites is 1. The maximum atomic E-state index is 12.7. The maximum absolute atomic E-state index is 12.7. The molecule has 0 aliphatic rings. The largest absolute Gasteiger partial charge is 0.452 e. The quantitative estimate of drug-likeness (QED) is 0.484. The third-order valence-electron chi connectivity index (χ3n) is 3.86. The number of rotatable bonds is 8. The number of hydrogen-bond acceptors (Lipinski definition) is 6. The lowest BCUT2D eigenvalue weighted by molar-refractivity contribution is -0.123. The van der Waals surface area contributed by atoms with Crippen LogP contribution in [0.3, 0.4) is 0 Å². The van der Waals surface area contributed by atoms with Gasteiger partial charge in [-0.2, -0.15) is 0 Å². The second-order valence-corrected chi connectivity index (χ2v) is 7.92. The first-order valence-electron chi connectivity index (χ1n) is 8.75. The van der Waals surface area contributed by atoms with Crippen molar-refractivity contribution in [3.05, 3.63) is 72.8 Å². The minimum atomic E-state index is -3.82. The van der Waals surface area contributed by atoms with Crippen molar-refractivity contribution < 1.29 is 27.5 Å². The lowest BCUT2D eigenvalue weighted by Gasteiger charge is -2.19. The number of anilines is 1. The Bertz CT molecular complexity index is 1020. The smallest absolute Gasteiger partial charge is 0.338 e. The summed E-state index contributed by atoms with van der Waals surface area (Å²) in [5.41, 5.74) is 0.546. The van der Waals surface area contributed by atoms with E-state index in [0.29, 0.717) is 5.69 Å². The van der Waals surface area contributed by atoms with Crippen LogP contribution in [0.5, 0.6) is 0 Å². The molecule has 0 heterocycles. The Morgan fingerprint density at radius 2 is 1.70 bits per heavy atom. The standard InChI is InChI=1S/C20H21N3O6S/c1-3-13-21-20(26)22-18(24)14-29-19(25)15-9-11-17(12-10-15)30(27,28)23(2)16-7-5-4-6-8-16/h3-12H,1,13-14H2,2H3,(H2,21,22,24,26). The van der Waals surface area contributed by atoms with Crippen molar-refractivity contribution >= 4 is 33.6 Å². The van der Waals surface area contributed by atoms with Crippen LogP contribution in [0.25, 0.3) is 0 Å². The molecule has 0 fully saturated rings. The molecule has 0 aromatic heterocycles. The Balaban J connectivity index is 1.98. The van der Waals surface area contributed by atoms with Crippen molar-refractivity contribution in [3.8, 4) is 0 Å². The maximum Gasteiger partial charge on any atom is 0.338 e. The molecule has 0 spiro atoms. The molecule has 0 saturated carbocycles. The molecule has 30 heavy (non-hydrogen) atoms. The van der Waals surface area contributed by atoms with Crippen molar-refractivity contribution in [3.63, 3.8) is 0 Å². The average molecular weight is 431 g/mol. The molecule has 0 atom stereocenters. The number of sulfonamides is 1. The van der Waals surface area contributed by atoms with E-state index in [-0.39, 0.29) is 17.0 Å². The third-order valence-corrected chi connectivity index (χ3v) is 5.66. The molecule has 0 radical (unpaired) electrons. The molecule has 2 N–H and O–H groups in total. The SMILES string of the molecule is C=CCNC(=O)NC(=O)COC(=O)c1ccc(S(=O)(=O)N(C)c2ccccc2)cc1. The number of urea groups is 1. The highest BCUT2D eigenvalue weighted by atomic mass is 32.2. The minimum absolute atomic E-state index is 0.0120. The van der Waals surface area contributed by atoms with Crippen LogP contribution in [0.1, 0.15) is 10.4 Å². The van der Waals surface area contributed by atoms with E-state index in [4.69, 9.17) is 4.74 Å². The molecule has 2 rings (SSSR count). The Morgan fingerprint density at radius 3 is 2.30 bits per heavy atom. The number of amides is 3. The van der Waals surface area contributed by atoms with Crippen molar-refractivity contribution in [1.29, 1.82) is 0 Å². The molecule has 3 amide bonds. The van der Waals surface area contributed by atoms with Gasteiger partial charge in [-0.1, -0.05) is 24.3 Å². The highest BCUT2D eigenvalue weighted by Gasteiger charge is 2.22. The Kier molecular flexibility index (Phi) is 7.70. The van der Waals surface area contributed by atoms with Crippen molar-refractivity contribution in [2.45, 2.75) is 4.90 Å². The number of benzene rings is 2. The molecule has 0 aliphatic carbocycles. The number of ether oxygens (including phenoxy) is 1. The number of carbonyl (C=O) groups is 3. The van der Waals surface area contributed by atoms with E-state index in [1.165, 1.54) is 37.4 Å². The number of carbonyl (C=O) groups excluding carboxylic acids is 3. The highest BCUT2D eigenvalue weighted by Crippen LogP contribution is 2.22. The third kappa shape index (κ3) is 5.92. The van der Waals surface area contributed by atoms with Crippen molar-refractivity contribution in [2.75, 3.05) is 24.5 Å². The summed E-state index contributed by atoms with van der Waals surface area (Å²) in [6.45, 7) is 2.92. The predicted octanol–water partition coefficient (Wildman–Crippen LogP) is 1.68. The molecule has 2 aromatic carbocycles. The topological polar surface area (TPSA) is 122 Å². The van der Waals surface area contributed by atoms with Gasteiger partial charge in [0, 0.05) is 13.6 Å². The summed E-state index contributed by atoms with van der Waals surface area (Å²) in [4.78, 5) is 34.9. The van der Waals surface area contributed by atoms with Crippen LogP contribution in [0.2, 0.25) is 0 Å². The second kappa shape index (κ2) is 10.2. The number of nitrogens with one attached hydrogen (secondary N) is 2. The fourth-order valence-corrected chi connectivity index (χ4v) is 3.48. The van der Waals surface area contributed by atoms with Crippen LogP contribution >= 0.6 is 0 Å². The Morgan fingerprint density at radius 1 is 1.07 bits per heavy atom. The fourth-order valence-electron chi connectivity index (χ4n) is 2.28. The van der Waals surface area contributed by atoms with Crippen LogP contribution in [-0.2, 0) is 19.6 Å². The van der Waals surface area contributed by atoms with E-state index >= 15 is 0 Å². The molecule has 0 bridgehead atoms. The Labute approximate surface area is 174 Å². The first-order chi connectivity index (χ1) is 14.3.